The number of nitrogens with zero attached hydrogens (tertiary/aromatic N) is 2. The molecule has 1 unspecified atom stereocenters. The second kappa shape index (κ2) is 5.92. The van der Waals surface area contributed by atoms with Gasteiger partial charge in [0.2, 0.25) is 5.91 Å². The third kappa shape index (κ3) is 3.65. The fourth-order valence-corrected chi connectivity index (χ4v) is 3.56. The lowest BCUT2D eigenvalue weighted by Crippen LogP contribution is -2.55. The minimum atomic E-state index is -4.59. The first-order chi connectivity index (χ1) is 10.7. The van der Waals surface area contributed by atoms with Crippen LogP contribution in [0.25, 0.3) is 0 Å². The molecular formula is C16H25F3N2O2. The Kier molecular flexibility index (Phi) is 4.38. The van der Waals surface area contributed by atoms with Crippen molar-refractivity contribution in [2.45, 2.75) is 69.3 Å². The van der Waals surface area contributed by atoms with Gasteiger partial charge in [0.05, 0.1) is 6.54 Å². The van der Waals surface area contributed by atoms with Crippen LogP contribution in [0.5, 0.6) is 0 Å². The van der Waals surface area contributed by atoms with Crippen LogP contribution in [0.15, 0.2) is 0 Å². The standard InChI is InChI=1S/C16H25F3N2O2/c1-11(12-2-3-12)21(13-4-5-13)14(22)10-20-8-6-15(23,7-9-20)16(17,18)19/h11-13,23H,2-10H2,1H3. The van der Waals surface area contributed by atoms with Crippen LogP contribution in [-0.2, 0) is 4.79 Å². The molecule has 2 aliphatic carbocycles. The SMILES string of the molecule is CC(C1CC1)N(C(=O)CN1CCC(O)(C(F)(F)F)CC1)C1CC1. The van der Waals surface area contributed by atoms with E-state index in [1.165, 1.54) is 12.8 Å². The van der Waals surface area contributed by atoms with Crippen molar-refractivity contribution in [3.05, 3.63) is 0 Å². The predicted molar refractivity (Wildman–Crippen MR) is 78.7 cm³/mol. The van der Waals surface area contributed by atoms with Gasteiger partial charge in [-0.1, -0.05) is 0 Å². The number of hydrogen-bond acceptors (Lipinski definition) is 3. The number of carbonyl (C=O) groups excluding carboxylic acids is 1. The average molecular weight is 334 g/mol. The van der Waals surface area contributed by atoms with E-state index in [9.17, 15) is 23.1 Å². The van der Waals surface area contributed by atoms with Crippen LogP contribution in [0.2, 0.25) is 0 Å². The monoisotopic (exact) mass is 334 g/mol. The van der Waals surface area contributed by atoms with Crippen LogP contribution in [0.4, 0.5) is 13.2 Å². The number of carbonyl (C=O) groups is 1. The van der Waals surface area contributed by atoms with Crippen molar-refractivity contribution >= 4 is 5.91 Å². The Hall–Kier alpha value is -0.820. The fraction of sp³-hybridized carbons (Fsp3) is 0.938. The molecule has 132 valence electrons. The van der Waals surface area contributed by atoms with Gasteiger partial charge in [-0.2, -0.15) is 13.2 Å². The number of rotatable bonds is 5. The van der Waals surface area contributed by atoms with E-state index in [1.54, 1.807) is 4.90 Å². The summed E-state index contributed by atoms with van der Waals surface area (Å²) in [5.41, 5.74) is -2.59. The van der Waals surface area contributed by atoms with E-state index in [2.05, 4.69) is 6.92 Å². The summed E-state index contributed by atoms with van der Waals surface area (Å²) in [5, 5.41) is 9.69. The number of halogens is 3. The molecule has 3 rings (SSSR count). The molecule has 1 atom stereocenters. The second-order valence-electron chi connectivity index (χ2n) is 7.42. The number of piperidine rings is 1. The first-order valence-electron chi connectivity index (χ1n) is 8.54. The van der Waals surface area contributed by atoms with Crippen LogP contribution in [0.1, 0.15) is 45.4 Å². The first kappa shape index (κ1) is 17.0. The van der Waals surface area contributed by atoms with Crippen molar-refractivity contribution in [3.8, 4) is 0 Å². The molecule has 1 heterocycles. The van der Waals surface area contributed by atoms with Gasteiger partial charge in [-0.05, 0) is 51.4 Å². The zero-order valence-corrected chi connectivity index (χ0v) is 13.5. The van der Waals surface area contributed by atoms with Gasteiger partial charge in [-0.15, -0.1) is 0 Å². The lowest BCUT2D eigenvalue weighted by atomic mass is 9.91. The zero-order valence-electron chi connectivity index (χ0n) is 13.5. The Balaban J connectivity index is 1.54. The molecule has 1 aliphatic heterocycles. The lowest BCUT2D eigenvalue weighted by Gasteiger charge is -2.40. The van der Waals surface area contributed by atoms with E-state index >= 15 is 0 Å². The quantitative estimate of drug-likeness (QED) is 0.838. The fourth-order valence-electron chi connectivity index (χ4n) is 3.56. The molecule has 23 heavy (non-hydrogen) atoms. The maximum Gasteiger partial charge on any atom is 0.417 e. The average Bonchev–Trinajstić information content (AvgIpc) is 3.34. The Morgan fingerprint density at radius 1 is 1.26 bits per heavy atom. The van der Waals surface area contributed by atoms with E-state index < -0.39 is 11.8 Å². The van der Waals surface area contributed by atoms with Crippen LogP contribution in [0.3, 0.4) is 0 Å². The zero-order chi connectivity index (χ0) is 16.8. The highest BCUT2D eigenvalue weighted by molar-refractivity contribution is 5.79. The van der Waals surface area contributed by atoms with Crippen molar-refractivity contribution in [2.24, 2.45) is 5.92 Å². The van der Waals surface area contributed by atoms with Crippen molar-refractivity contribution in [1.82, 2.24) is 9.80 Å². The largest absolute Gasteiger partial charge is 0.417 e. The van der Waals surface area contributed by atoms with Gasteiger partial charge < -0.3 is 10.0 Å². The Labute approximate surface area is 134 Å². The predicted octanol–water partition coefficient (Wildman–Crippen LogP) is 2.17. The van der Waals surface area contributed by atoms with Crippen molar-refractivity contribution in [2.75, 3.05) is 19.6 Å². The van der Waals surface area contributed by atoms with Crippen molar-refractivity contribution < 1.29 is 23.1 Å². The molecule has 0 spiro atoms. The molecule has 0 aromatic carbocycles. The summed E-state index contributed by atoms with van der Waals surface area (Å²) in [6.07, 6.45) is -0.895. The van der Waals surface area contributed by atoms with Gasteiger partial charge in [0.1, 0.15) is 0 Å². The molecule has 2 saturated carbocycles. The molecule has 3 fully saturated rings. The molecule has 1 N–H and O–H groups in total. The number of alkyl halides is 3. The third-order valence-electron chi connectivity index (χ3n) is 5.54. The van der Waals surface area contributed by atoms with Crippen LogP contribution < -0.4 is 0 Å². The summed E-state index contributed by atoms with van der Waals surface area (Å²) < 4.78 is 38.4. The van der Waals surface area contributed by atoms with Crippen molar-refractivity contribution in [3.63, 3.8) is 0 Å². The Morgan fingerprint density at radius 3 is 2.26 bits per heavy atom. The molecule has 1 amide bonds. The number of amides is 1. The highest BCUT2D eigenvalue weighted by Gasteiger charge is 2.54. The van der Waals surface area contributed by atoms with Gasteiger partial charge in [-0.25, -0.2) is 0 Å². The van der Waals surface area contributed by atoms with E-state index in [1.807, 2.05) is 4.90 Å². The Morgan fingerprint density at radius 2 is 1.83 bits per heavy atom. The number of hydrogen-bond donors (Lipinski definition) is 1. The molecule has 0 bridgehead atoms. The smallest absolute Gasteiger partial charge is 0.380 e. The van der Waals surface area contributed by atoms with E-state index in [0.29, 0.717) is 12.0 Å². The molecular weight excluding hydrogens is 309 g/mol. The van der Waals surface area contributed by atoms with Crippen LogP contribution in [0, 0.1) is 5.92 Å². The first-order valence-corrected chi connectivity index (χ1v) is 8.54. The minimum Gasteiger partial charge on any atom is -0.380 e. The van der Waals surface area contributed by atoms with Crippen LogP contribution in [-0.4, -0.2) is 64.3 Å². The maximum absolute atomic E-state index is 12.8. The summed E-state index contributed by atoms with van der Waals surface area (Å²) in [4.78, 5) is 16.3. The highest BCUT2D eigenvalue weighted by Crippen LogP contribution is 2.40. The lowest BCUT2D eigenvalue weighted by molar-refractivity contribution is -0.272. The topological polar surface area (TPSA) is 43.8 Å². The third-order valence-corrected chi connectivity index (χ3v) is 5.54. The van der Waals surface area contributed by atoms with Gasteiger partial charge >= 0.3 is 6.18 Å². The van der Waals surface area contributed by atoms with Crippen LogP contribution >= 0.6 is 0 Å². The molecule has 0 aromatic heterocycles. The van der Waals surface area contributed by atoms with Gasteiger partial charge in [0.15, 0.2) is 5.60 Å². The summed E-state index contributed by atoms with van der Waals surface area (Å²) in [5.74, 6) is 0.626. The van der Waals surface area contributed by atoms with Crippen molar-refractivity contribution in [1.29, 1.82) is 0 Å². The number of likely N-dealkylation sites (tertiary alicyclic amines) is 1. The summed E-state index contributed by atoms with van der Waals surface area (Å²) in [7, 11) is 0. The molecule has 1 saturated heterocycles. The maximum atomic E-state index is 12.8. The van der Waals surface area contributed by atoms with E-state index in [-0.39, 0.29) is 44.4 Å². The second-order valence-corrected chi connectivity index (χ2v) is 7.42. The summed E-state index contributed by atoms with van der Waals surface area (Å²) in [6.45, 7) is 2.48. The van der Waals surface area contributed by atoms with Gasteiger partial charge in [0, 0.05) is 25.2 Å². The molecule has 7 heteroatoms. The molecule has 4 nitrogen and oxygen atoms in total. The highest BCUT2D eigenvalue weighted by atomic mass is 19.4. The van der Waals surface area contributed by atoms with Gasteiger partial charge in [-0.3, -0.25) is 9.69 Å². The number of aliphatic hydroxyl groups is 1. The normalized spacial score (nSPS) is 26.8. The summed E-state index contributed by atoms with van der Waals surface area (Å²) in [6, 6.07) is 0.571. The summed E-state index contributed by atoms with van der Waals surface area (Å²) >= 11 is 0. The minimum absolute atomic E-state index is 0.0318. The molecule has 0 aromatic rings. The van der Waals surface area contributed by atoms with E-state index in [0.717, 1.165) is 12.8 Å². The molecule has 3 aliphatic rings. The van der Waals surface area contributed by atoms with Gasteiger partial charge in [0.25, 0.3) is 0 Å². The molecule has 0 radical (unpaired) electrons. The Bertz CT molecular complexity index is 453. The van der Waals surface area contributed by atoms with E-state index in [4.69, 9.17) is 0 Å².